The quantitative estimate of drug-likeness (QED) is 0.853. The number of primary amides is 1. The van der Waals surface area contributed by atoms with Gasteiger partial charge in [-0.25, -0.2) is 13.1 Å². The summed E-state index contributed by atoms with van der Waals surface area (Å²) in [5, 5.41) is 0. The van der Waals surface area contributed by atoms with Crippen molar-refractivity contribution >= 4 is 15.9 Å². The van der Waals surface area contributed by atoms with Gasteiger partial charge in [0.25, 0.3) is 0 Å². The van der Waals surface area contributed by atoms with Crippen molar-refractivity contribution in [3.8, 4) is 0 Å². The fourth-order valence-corrected chi connectivity index (χ4v) is 4.75. The predicted octanol–water partition coefficient (Wildman–Crippen LogP) is 0.691. The Morgan fingerprint density at radius 1 is 1.14 bits per heavy atom. The van der Waals surface area contributed by atoms with Crippen molar-refractivity contribution in [3.05, 3.63) is 29.8 Å². The highest BCUT2D eigenvalue weighted by Crippen LogP contribution is 2.28. The second-order valence-corrected chi connectivity index (χ2v) is 7.72. The number of carbonyl (C=O) groups is 1. The number of hydrogen-bond acceptors (Lipinski definition) is 4. The Balaban J connectivity index is 1.74. The highest BCUT2D eigenvalue weighted by Gasteiger charge is 2.37. The molecule has 0 aliphatic carbocycles. The largest absolute Gasteiger partial charge is 0.366 e. The molecular weight excluding hydrogens is 302 g/mol. The lowest BCUT2D eigenvalue weighted by Gasteiger charge is -2.32. The maximum Gasteiger partial charge on any atom is 0.248 e. The fraction of sp³-hybridized carbons (Fsp3) is 0.533. The van der Waals surface area contributed by atoms with Crippen LogP contribution in [0.3, 0.4) is 0 Å². The molecular formula is C15H21N3O3S. The van der Waals surface area contributed by atoms with Crippen LogP contribution < -0.4 is 10.5 Å². The van der Waals surface area contributed by atoms with Crippen LogP contribution in [0.25, 0.3) is 0 Å². The van der Waals surface area contributed by atoms with Crippen LogP contribution in [0.15, 0.2) is 29.2 Å². The minimum Gasteiger partial charge on any atom is -0.366 e. The standard InChI is InChI=1S/C15H21N3O3S/c16-15(19)11-4-6-12(7-5-11)22(20,21)17-13-8-10-18-9-2-1-3-14(13)18/h4-7,13-14,17H,1-3,8-10H2,(H2,16,19). The first-order valence-corrected chi connectivity index (χ1v) is 9.12. The van der Waals surface area contributed by atoms with Crippen LogP contribution >= 0.6 is 0 Å². The molecule has 6 nitrogen and oxygen atoms in total. The van der Waals surface area contributed by atoms with Crippen molar-refractivity contribution in [1.82, 2.24) is 9.62 Å². The third-order valence-electron chi connectivity index (χ3n) is 4.61. The summed E-state index contributed by atoms with van der Waals surface area (Å²) in [5.74, 6) is -0.564. The third-order valence-corrected chi connectivity index (χ3v) is 6.12. The van der Waals surface area contributed by atoms with Crippen LogP contribution in [0.1, 0.15) is 36.0 Å². The average molecular weight is 323 g/mol. The molecule has 0 radical (unpaired) electrons. The van der Waals surface area contributed by atoms with Gasteiger partial charge in [-0.05, 0) is 50.1 Å². The summed E-state index contributed by atoms with van der Waals surface area (Å²) in [6.45, 7) is 2.02. The average Bonchev–Trinajstić information content (AvgIpc) is 2.90. The molecule has 2 atom stereocenters. The maximum absolute atomic E-state index is 12.5. The van der Waals surface area contributed by atoms with E-state index < -0.39 is 15.9 Å². The minimum absolute atomic E-state index is 0.0267. The number of fused-ring (bicyclic) bond motifs is 1. The highest BCUT2D eigenvalue weighted by molar-refractivity contribution is 7.89. The molecule has 2 aliphatic heterocycles. The van der Waals surface area contributed by atoms with Crippen LogP contribution in [0, 0.1) is 0 Å². The molecule has 0 spiro atoms. The zero-order valence-corrected chi connectivity index (χ0v) is 13.2. The zero-order valence-electron chi connectivity index (χ0n) is 12.4. The van der Waals surface area contributed by atoms with Gasteiger partial charge in [0.2, 0.25) is 15.9 Å². The number of nitrogens with one attached hydrogen (secondary N) is 1. The summed E-state index contributed by atoms with van der Waals surface area (Å²) in [4.78, 5) is 13.6. The van der Waals surface area contributed by atoms with Gasteiger partial charge in [0.05, 0.1) is 4.90 Å². The van der Waals surface area contributed by atoms with E-state index in [0.717, 1.165) is 32.4 Å². The van der Waals surface area contributed by atoms with E-state index in [9.17, 15) is 13.2 Å². The lowest BCUT2D eigenvalue weighted by Crippen LogP contribution is -2.46. The molecule has 1 aromatic carbocycles. The van der Waals surface area contributed by atoms with E-state index in [1.54, 1.807) is 0 Å². The number of amides is 1. The Kier molecular flexibility index (Phi) is 4.20. The molecule has 120 valence electrons. The van der Waals surface area contributed by atoms with Crippen molar-refractivity contribution in [2.24, 2.45) is 5.73 Å². The van der Waals surface area contributed by atoms with E-state index in [0.29, 0.717) is 11.6 Å². The van der Waals surface area contributed by atoms with Gasteiger partial charge in [-0.3, -0.25) is 9.69 Å². The summed E-state index contributed by atoms with van der Waals surface area (Å²) < 4.78 is 27.8. The van der Waals surface area contributed by atoms with Crippen LogP contribution in [0.4, 0.5) is 0 Å². The second-order valence-electron chi connectivity index (χ2n) is 6.00. The van der Waals surface area contributed by atoms with Crippen molar-refractivity contribution in [2.75, 3.05) is 13.1 Å². The van der Waals surface area contributed by atoms with Crippen LogP contribution in [0.2, 0.25) is 0 Å². The van der Waals surface area contributed by atoms with E-state index in [1.807, 2.05) is 0 Å². The summed E-state index contributed by atoms with van der Waals surface area (Å²) in [6.07, 6.45) is 4.26. The summed E-state index contributed by atoms with van der Waals surface area (Å²) >= 11 is 0. The van der Waals surface area contributed by atoms with E-state index in [-0.39, 0.29) is 10.9 Å². The predicted molar refractivity (Wildman–Crippen MR) is 82.9 cm³/mol. The molecule has 2 fully saturated rings. The molecule has 1 aromatic rings. The minimum atomic E-state index is -3.57. The van der Waals surface area contributed by atoms with E-state index in [2.05, 4.69) is 9.62 Å². The number of carbonyl (C=O) groups excluding carboxylic acids is 1. The molecule has 3 N–H and O–H groups in total. The third kappa shape index (κ3) is 3.02. The number of hydrogen-bond donors (Lipinski definition) is 2. The van der Waals surface area contributed by atoms with Crippen LogP contribution in [0.5, 0.6) is 0 Å². The van der Waals surface area contributed by atoms with Gasteiger partial charge in [0.1, 0.15) is 0 Å². The van der Waals surface area contributed by atoms with Gasteiger partial charge in [0.15, 0.2) is 0 Å². The monoisotopic (exact) mass is 323 g/mol. The van der Waals surface area contributed by atoms with Gasteiger partial charge in [-0.2, -0.15) is 0 Å². The molecule has 22 heavy (non-hydrogen) atoms. The van der Waals surface area contributed by atoms with Gasteiger partial charge < -0.3 is 5.73 Å². The first-order chi connectivity index (χ1) is 10.5. The molecule has 0 bridgehead atoms. The number of nitrogens with zero attached hydrogens (tertiary/aromatic N) is 1. The molecule has 0 saturated carbocycles. The number of piperidine rings is 1. The molecule has 0 aromatic heterocycles. The normalized spacial score (nSPS) is 25.8. The Bertz CT molecular complexity index is 657. The van der Waals surface area contributed by atoms with Gasteiger partial charge >= 0.3 is 0 Å². The molecule has 7 heteroatoms. The fourth-order valence-electron chi connectivity index (χ4n) is 3.45. The molecule has 2 saturated heterocycles. The van der Waals surface area contributed by atoms with Crippen molar-refractivity contribution in [2.45, 2.75) is 42.7 Å². The molecule has 3 rings (SSSR count). The SMILES string of the molecule is NC(=O)c1ccc(S(=O)(=O)NC2CCN3CCCCC23)cc1. The Labute approximate surface area is 130 Å². The second kappa shape index (κ2) is 5.98. The Morgan fingerprint density at radius 3 is 2.55 bits per heavy atom. The van der Waals surface area contributed by atoms with Crippen molar-refractivity contribution in [1.29, 1.82) is 0 Å². The van der Waals surface area contributed by atoms with Crippen LogP contribution in [-0.4, -0.2) is 44.4 Å². The summed E-state index contributed by atoms with van der Waals surface area (Å²) in [5.41, 5.74) is 5.47. The van der Waals surface area contributed by atoms with Crippen LogP contribution in [-0.2, 0) is 10.0 Å². The van der Waals surface area contributed by atoms with Gasteiger partial charge in [-0.1, -0.05) is 6.42 Å². The maximum atomic E-state index is 12.5. The number of sulfonamides is 1. The summed E-state index contributed by atoms with van der Waals surface area (Å²) in [7, 11) is -3.57. The van der Waals surface area contributed by atoms with Gasteiger partial charge in [0, 0.05) is 24.2 Å². The Morgan fingerprint density at radius 2 is 1.86 bits per heavy atom. The first-order valence-electron chi connectivity index (χ1n) is 7.63. The lowest BCUT2D eigenvalue weighted by molar-refractivity contribution is 0.1000. The molecule has 2 unspecified atom stereocenters. The van der Waals surface area contributed by atoms with E-state index in [1.165, 1.54) is 30.7 Å². The van der Waals surface area contributed by atoms with E-state index >= 15 is 0 Å². The molecule has 1 amide bonds. The smallest absolute Gasteiger partial charge is 0.248 e. The molecule has 2 aliphatic rings. The highest BCUT2D eigenvalue weighted by atomic mass is 32.2. The zero-order chi connectivity index (χ0) is 15.7. The topological polar surface area (TPSA) is 92.5 Å². The number of nitrogens with two attached hydrogens (primary N) is 1. The summed E-state index contributed by atoms with van der Waals surface area (Å²) in [6, 6.07) is 6.03. The van der Waals surface area contributed by atoms with Gasteiger partial charge in [-0.15, -0.1) is 0 Å². The number of benzene rings is 1. The van der Waals surface area contributed by atoms with Crippen molar-refractivity contribution < 1.29 is 13.2 Å². The van der Waals surface area contributed by atoms with E-state index in [4.69, 9.17) is 5.73 Å². The first kappa shape index (κ1) is 15.5. The lowest BCUT2D eigenvalue weighted by atomic mass is 10.00. The van der Waals surface area contributed by atoms with Crippen molar-refractivity contribution in [3.63, 3.8) is 0 Å². The number of rotatable bonds is 4. The molecule has 2 heterocycles. The Hall–Kier alpha value is -1.44.